The second-order valence-electron chi connectivity index (χ2n) is 5.91. The second kappa shape index (κ2) is 9.75. The predicted molar refractivity (Wildman–Crippen MR) is 101 cm³/mol. The van der Waals surface area contributed by atoms with Gasteiger partial charge in [-0.1, -0.05) is 42.2 Å². The lowest BCUT2D eigenvalue weighted by Crippen LogP contribution is -2.36. The van der Waals surface area contributed by atoms with Gasteiger partial charge < -0.3 is 19.9 Å². The Morgan fingerprint density at radius 1 is 1.22 bits per heavy atom. The van der Waals surface area contributed by atoms with Crippen molar-refractivity contribution in [3.63, 3.8) is 0 Å². The zero-order valence-corrected chi connectivity index (χ0v) is 16.5. The minimum absolute atomic E-state index is 0.00502. The number of alkyl halides is 2. The number of benzene rings is 1. The van der Waals surface area contributed by atoms with Crippen molar-refractivity contribution in [1.29, 1.82) is 0 Å². The van der Waals surface area contributed by atoms with Gasteiger partial charge in [-0.15, -0.1) is 0 Å². The summed E-state index contributed by atoms with van der Waals surface area (Å²) >= 11 is 11.9. The van der Waals surface area contributed by atoms with E-state index >= 15 is 0 Å². The van der Waals surface area contributed by atoms with Gasteiger partial charge in [0.05, 0.1) is 17.3 Å². The largest absolute Gasteiger partial charge is 0.433 e. The first-order valence-corrected chi connectivity index (χ1v) is 8.88. The summed E-state index contributed by atoms with van der Waals surface area (Å²) < 4.78 is 35.0. The third-order valence-electron chi connectivity index (χ3n) is 3.56. The zero-order chi connectivity index (χ0) is 20.0. The summed E-state index contributed by atoms with van der Waals surface area (Å²) in [6.07, 6.45) is 0. The lowest BCUT2D eigenvalue weighted by Gasteiger charge is -2.15. The Hall–Kier alpha value is -2.06. The fourth-order valence-corrected chi connectivity index (χ4v) is 2.80. The molecule has 2 rings (SSSR count). The molecule has 0 radical (unpaired) electrons. The minimum Gasteiger partial charge on any atom is -0.433 e. The van der Waals surface area contributed by atoms with Crippen LogP contribution in [0.3, 0.4) is 0 Å². The van der Waals surface area contributed by atoms with Gasteiger partial charge in [0.25, 0.3) is 0 Å². The number of nitrogens with one attached hydrogen (secondary N) is 2. The fourth-order valence-electron chi connectivity index (χ4n) is 2.22. The van der Waals surface area contributed by atoms with Crippen molar-refractivity contribution < 1.29 is 18.0 Å². The standard InChI is InChI=1S/C17H20Cl2F2N4O2/c1-9(2)14-6-12(27-25-14)8-24-17(22-3)23-7-10-4-11(18)5-13(19)15(10)26-16(20)21/h4-6,9,16H,7-8H2,1-3H3,(H2,22,23,24). The second-order valence-corrected chi connectivity index (χ2v) is 6.75. The van der Waals surface area contributed by atoms with Crippen molar-refractivity contribution in [2.45, 2.75) is 39.5 Å². The van der Waals surface area contributed by atoms with E-state index in [2.05, 4.69) is 25.5 Å². The van der Waals surface area contributed by atoms with Crippen LogP contribution in [-0.4, -0.2) is 24.8 Å². The SMILES string of the molecule is CN=C(NCc1cc(C(C)C)no1)NCc1cc(Cl)cc(Cl)c1OC(F)F. The van der Waals surface area contributed by atoms with Gasteiger partial charge in [-0.3, -0.25) is 4.99 Å². The van der Waals surface area contributed by atoms with Gasteiger partial charge in [-0.25, -0.2) is 0 Å². The summed E-state index contributed by atoms with van der Waals surface area (Å²) in [6, 6.07) is 4.70. The maximum atomic E-state index is 12.6. The monoisotopic (exact) mass is 420 g/mol. The number of ether oxygens (including phenoxy) is 1. The first-order valence-electron chi connectivity index (χ1n) is 8.12. The average molecular weight is 421 g/mol. The van der Waals surface area contributed by atoms with E-state index in [9.17, 15) is 8.78 Å². The van der Waals surface area contributed by atoms with Crippen molar-refractivity contribution in [2.24, 2.45) is 4.99 Å². The fraction of sp³-hybridized carbons (Fsp3) is 0.412. The molecule has 1 heterocycles. The van der Waals surface area contributed by atoms with Crippen molar-refractivity contribution >= 4 is 29.2 Å². The first kappa shape index (κ1) is 21.2. The third-order valence-corrected chi connectivity index (χ3v) is 4.06. The lowest BCUT2D eigenvalue weighted by atomic mass is 10.1. The summed E-state index contributed by atoms with van der Waals surface area (Å²) in [4.78, 5) is 4.07. The number of hydrogen-bond donors (Lipinski definition) is 2. The van der Waals surface area contributed by atoms with Crippen molar-refractivity contribution in [1.82, 2.24) is 15.8 Å². The highest BCUT2D eigenvalue weighted by atomic mass is 35.5. The first-order chi connectivity index (χ1) is 12.8. The maximum absolute atomic E-state index is 12.6. The maximum Gasteiger partial charge on any atom is 0.387 e. The van der Waals surface area contributed by atoms with Gasteiger partial charge in [0.2, 0.25) is 0 Å². The molecule has 0 saturated carbocycles. The van der Waals surface area contributed by atoms with Crippen LogP contribution in [0.2, 0.25) is 10.0 Å². The molecule has 0 aliphatic heterocycles. The summed E-state index contributed by atoms with van der Waals surface area (Å²) in [7, 11) is 1.58. The molecule has 10 heteroatoms. The molecule has 0 spiro atoms. The Kier molecular flexibility index (Phi) is 7.67. The Bertz CT molecular complexity index is 797. The van der Waals surface area contributed by atoms with E-state index in [0.717, 1.165) is 5.69 Å². The molecule has 27 heavy (non-hydrogen) atoms. The summed E-state index contributed by atoms with van der Waals surface area (Å²) in [5.41, 5.74) is 1.23. The molecule has 2 N–H and O–H groups in total. The quantitative estimate of drug-likeness (QED) is 0.506. The summed E-state index contributed by atoms with van der Waals surface area (Å²) in [6.45, 7) is 1.52. The molecule has 0 amide bonds. The van der Waals surface area contributed by atoms with Gasteiger partial charge >= 0.3 is 6.61 Å². The van der Waals surface area contributed by atoms with Crippen LogP contribution in [0.25, 0.3) is 0 Å². The number of guanidine groups is 1. The molecule has 0 atom stereocenters. The van der Waals surface area contributed by atoms with E-state index in [0.29, 0.717) is 28.9 Å². The number of hydrogen-bond acceptors (Lipinski definition) is 4. The third kappa shape index (κ3) is 6.25. The van der Waals surface area contributed by atoms with Crippen molar-refractivity contribution in [3.05, 3.63) is 45.3 Å². The van der Waals surface area contributed by atoms with Crippen molar-refractivity contribution in [2.75, 3.05) is 7.05 Å². The lowest BCUT2D eigenvalue weighted by molar-refractivity contribution is -0.0504. The van der Waals surface area contributed by atoms with E-state index in [1.165, 1.54) is 12.1 Å². The van der Waals surface area contributed by atoms with Crippen LogP contribution >= 0.6 is 23.2 Å². The highest BCUT2D eigenvalue weighted by Gasteiger charge is 2.16. The smallest absolute Gasteiger partial charge is 0.387 e. The van der Waals surface area contributed by atoms with Crippen LogP contribution < -0.4 is 15.4 Å². The predicted octanol–water partition coefficient (Wildman–Crippen LogP) is 4.57. The van der Waals surface area contributed by atoms with Crippen LogP contribution in [0, 0.1) is 0 Å². The van der Waals surface area contributed by atoms with E-state index in [-0.39, 0.29) is 23.2 Å². The summed E-state index contributed by atoms with van der Waals surface area (Å²) in [5.74, 6) is 1.21. The van der Waals surface area contributed by atoms with Crippen molar-refractivity contribution in [3.8, 4) is 5.75 Å². The van der Waals surface area contributed by atoms with Gasteiger partial charge in [-0.05, 0) is 18.1 Å². The van der Waals surface area contributed by atoms with Crippen LogP contribution in [0.15, 0.2) is 27.7 Å². The molecule has 0 fully saturated rings. The van der Waals surface area contributed by atoms with E-state index in [4.69, 9.17) is 27.7 Å². The van der Waals surface area contributed by atoms with Crippen LogP contribution in [0.4, 0.5) is 8.78 Å². The normalized spacial score (nSPS) is 12.0. The molecule has 2 aromatic rings. The number of aliphatic imine (C=N–C) groups is 1. The van der Waals surface area contributed by atoms with Crippen LogP contribution in [0.5, 0.6) is 5.75 Å². The highest BCUT2D eigenvalue weighted by Crippen LogP contribution is 2.33. The van der Waals surface area contributed by atoms with Gasteiger partial charge in [-0.2, -0.15) is 8.78 Å². The van der Waals surface area contributed by atoms with Crippen LogP contribution in [-0.2, 0) is 13.1 Å². The van der Waals surface area contributed by atoms with Crippen LogP contribution in [0.1, 0.15) is 36.8 Å². The zero-order valence-electron chi connectivity index (χ0n) is 15.0. The molecule has 0 aliphatic carbocycles. The number of aromatic nitrogens is 1. The molecule has 6 nitrogen and oxygen atoms in total. The Labute approximate surface area is 165 Å². The molecular weight excluding hydrogens is 401 g/mol. The molecule has 1 aromatic heterocycles. The molecule has 148 valence electrons. The van der Waals surface area contributed by atoms with E-state index in [1.54, 1.807) is 7.05 Å². The summed E-state index contributed by atoms with van der Waals surface area (Å²) in [5, 5.41) is 10.3. The van der Waals surface area contributed by atoms with Gasteiger partial charge in [0.1, 0.15) is 5.75 Å². The molecule has 0 saturated heterocycles. The Morgan fingerprint density at radius 2 is 1.93 bits per heavy atom. The molecular formula is C17H20Cl2F2N4O2. The molecule has 0 aliphatic rings. The molecule has 0 unspecified atom stereocenters. The minimum atomic E-state index is -3.00. The number of nitrogens with zero attached hydrogens (tertiary/aromatic N) is 2. The number of halogens is 4. The molecule has 1 aromatic carbocycles. The van der Waals surface area contributed by atoms with E-state index in [1.807, 2.05) is 19.9 Å². The molecule has 0 bridgehead atoms. The number of rotatable bonds is 7. The topological polar surface area (TPSA) is 71.7 Å². The average Bonchev–Trinajstić information content (AvgIpc) is 3.07. The van der Waals surface area contributed by atoms with Gasteiger partial charge in [0.15, 0.2) is 11.7 Å². The Balaban J connectivity index is 2.01. The van der Waals surface area contributed by atoms with E-state index < -0.39 is 6.61 Å². The van der Waals surface area contributed by atoms with Gasteiger partial charge in [0, 0.05) is 30.2 Å². The Morgan fingerprint density at radius 3 is 2.52 bits per heavy atom. The highest BCUT2D eigenvalue weighted by molar-refractivity contribution is 6.35.